The van der Waals surface area contributed by atoms with E-state index in [1.807, 2.05) is 6.07 Å². The number of halogens is 3. The molecule has 1 fully saturated rings. The molecule has 1 unspecified atom stereocenters. The molecule has 146 valence electrons. The van der Waals surface area contributed by atoms with E-state index in [4.69, 9.17) is 0 Å². The van der Waals surface area contributed by atoms with Crippen LogP contribution in [0, 0.1) is 5.41 Å². The zero-order valence-corrected chi connectivity index (χ0v) is 14.9. The molecule has 1 aliphatic carbocycles. The predicted octanol–water partition coefficient (Wildman–Crippen LogP) is 4.03. The fourth-order valence-electron chi connectivity index (χ4n) is 4.43. The van der Waals surface area contributed by atoms with E-state index in [9.17, 15) is 27.9 Å². The average Bonchev–Trinajstić information content (AvgIpc) is 3.23. The highest BCUT2D eigenvalue weighted by atomic mass is 19.4. The lowest BCUT2D eigenvalue weighted by Crippen LogP contribution is -2.32. The number of alkyl halides is 3. The molecule has 2 aromatic rings. The second-order valence-corrected chi connectivity index (χ2v) is 7.65. The molecule has 1 aliphatic heterocycles. The molecule has 0 bridgehead atoms. The molecule has 2 aliphatic rings. The van der Waals surface area contributed by atoms with Crippen molar-refractivity contribution < 1.29 is 27.9 Å². The van der Waals surface area contributed by atoms with Crippen LogP contribution >= 0.6 is 0 Å². The lowest BCUT2D eigenvalue weighted by atomic mass is 9.84. The number of rotatable bonds is 2. The number of hydrogen-bond donors (Lipinski definition) is 1. The molecule has 1 amide bonds. The largest absolute Gasteiger partial charge is 0.478 e. The Morgan fingerprint density at radius 3 is 2.39 bits per heavy atom. The molecule has 1 atom stereocenters. The number of amides is 1. The Hall–Kier alpha value is -2.83. The third kappa shape index (κ3) is 3.15. The summed E-state index contributed by atoms with van der Waals surface area (Å²) in [5.74, 6) is -1.25. The molecular formula is C21H18F3NO3. The third-order valence-electron chi connectivity index (χ3n) is 5.81. The van der Waals surface area contributed by atoms with Gasteiger partial charge in [0.25, 0.3) is 5.91 Å². The van der Waals surface area contributed by atoms with E-state index in [2.05, 4.69) is 0 Å². The van der Waals surface area contributed by atoms with Gasteiger partial charge in [-0.2, -0.15) is 13.2 Å². The lowest BCUT2D eigenvalue weighted by Gasteiger charge is -2.24. The molecule has 0 radical (unpaired) electrons. The van der Waals surface area contributed by atoms with Crippen molar-refractivity contribution in [3.05, 3.63) is 70.3 Å². The summed E-state index contributed by atoms with van der Waals surface area (Å²) in [5.41, 5.74) is 1.39. The summed E-state index contributed by atoms with van der Waals surface area (Å²) < 4.78 is 38.1. The molecule has 7 heteroatoms. The van der Waals surface area contributed by atoms with Crippen molar-refractivity contribution >= 4 is 11.9 Å². The van der Waals surface area contributed by atoms with Crippen LogP contribution in [0.1, 0.15) is 43.8 Å². The van der Waals surface area contributed by atoms with Crippen molar-refractivity contribution in [2.45, 2.75) is 25.4 Å². The van der Waals surface area contributed by atoms with Gasteiger partial charge in [-0.1, -0.05) is 12.1 Å². The van der Waals surface area contributed by atoms with E-state index in [-0.39, 0.29) is 16.9 Å². The second kappa shape index (κ2) is 6.36. The number of benzene rings is 2. The maximum atomic E-state index is 12.7. The van der Waals surface area contributed by atoms with Gasteiger partial charge in [-0.3, -0.25) is 4.79 Å². The van der Waals surface area contributed by atoms with Crippen molar-refractivity contribution in [2.75, 3.05) is 13.1 Å². The van der Waals surface area contributed by atoms with Crippen LogP contribution in [0.4, 0.5) is 13.2 Å². The van der Waals surface area contributed by atoms with Gasteiger partial charge in [-0.15, -0.1) is 0 Å². The first-order valence-electron chi connectivity index (χ1n) is 8.99. The van der Waals surface area contributed by atoms with Crippen LogP contribution in [0.25, 0.3) is 0 Å². The van der Waals surface area contributed by atoms with Crippen molar-refractivity contribution in [2.24, 2.45) is 5.41 Å². The van der Waals surface area contributed by atoms with Crippen LogP contribution in [0.5, 0.6) is 0 Å². The van der Waals surface area contributed by atoms with Gasteiger partial charge in [0.1, 0.15) is 0 Å². The highest BCUT2D eigenvalue weighted by molar-refractivity contribution is 5.94. The quantitative estimate of drug-likeness (QED) is 0.844. The Morgan fingerprint density at radius 1 is 1.04 bits per heavy atom. The van der Waals surface area contributed by atoms with Crippen LogP contribution < -0.4 is 0 Å². The lowest BCUT2D eigenvalue weighted by molar-refractivity contribution is -0.137. The summed E-state index contributed by atoms with van der Waals surface area (Å²) in [5, 5.41) is 9.40. The van der Waals surface area contributed by atoms with E-state index in [1.165, 1.54) is 12.1 Å². The van der Waals surface area contributed by atoms with Crippen LogP contribution in [-0.2, 0) is 19.0 Å². The topological polar surface area (TPSA) is 57.6 Å². The number of carboxylic acids is 1. The van der Waals surface area contributed by atoms with E-state index in [1.54, 1.807) is 17.0 Å². The van der Waals surface area contributed by atoms with Gasteiger partial charge >= 0.3 is 12.1 Å². The Balaban J connectivity index is 1.51. The maximum Gasteiger partial charge on any atom is 0.416 e. The number of fused-ring (bicyclic) bond motifs is 1. The molecule has 1 spiro atoms. The standard InChI is InChI=1S/C21H18F3NO3/c22-21(23,24)15-6-4-13(5-7-15)18(26)25-9-8-20(12-25)10-14-2-1-3-16(19(27)28)17(14)11-20/h1-7H,8-12H2,(H,27,28). The normalized spacial score (nSPS) is 21.2. The van der Waals surface area contributed by atoms with Crippen LogP contribution in [0.2, 0.25) is 0 Å². The SMILES string of the molecule is O=C(O)c1cccc2c1CC1(CCN(C(=O)c3ccc(C(F)(F)F)cc3)C1)C2. The smallest absolute Gasteiger partial charge is 0.416 e. The van der Waals surface area contributed by atoms with Gasteiger partial charge in [0.2, 0.25) is 0 Å². The number of carbonyl (C=O) groups is 2. The number of carbonyl (C=O) groups excluding carboxylic acids is 1. The van der Waals surface area contributed by atoms with E-state index >= 15 is 0 Å². The third-order valence-corrected chi connectivity index (χ3v) is 5.81. The van der Waals surface area contributed by atoms with Crippen LogP contribution in [0.15, 0.2) is 42.5 Å². The zero-order valence-electron chi connectivity index (χ0n) is 14.9. The van der Waals surface area contributed by atoms with Gasteiger partial charge in [-0.05, 0) is 66.1 Å². The summed E-state index contributed by atoms with van der Waals surface area (Å²) in [6, 6.07) is 9.52. The molecule has 1 heterocycles. The fourth-order valence-corrected chi connectivity index (χ4v) is 4.43. The second-order valence-electron chi connectivity index (χ2n) is 7.65. The maximum absolute atomic E-state index is 12.7. The minimum atomic E-state index is -4.43. The molecule has 0 saturated carbocycles. The monoisotopic (exact) mass is 389 g/mol. The van der Waals surface area contributed by atoms with Crippen LogP contribution in [0.3, 0.4) is 0 Å². The summed E-state index contributed by atoms with van der Waals surface area (Å²) in [6.07, 6.45) is -2.38. The minimum absolute atomic E-state index is 0.199. The Kier molecular flexibility index (Phi) is 4.21. The Labute approximate surface area is 159 Å². The van der Waals surface area contributed by atoms with Crippen molar-refractivity contribution in [3.63, 3.8) is 0 Å². The van der Waals surface area contributed by atoms with E-state index in [0.29, 0.717) is 31.5 Å². The first-order chi connectivity index (χ1) is 13.2. The zero-order chi connectivity index (χ0) is 20.1. The molecule has 1 N–H and O–H groups in total. The van der Waals surface area contributed by atoms with Gasteiger partial charge in [-0.25, -0.2) is 4.79 Å². The summed E-state index contributed by atoms with van der Waals surface area (Å²) >= 11 is 0. The van der Waals surface area contributed by atoms with Gasteiger partial charge in [0, 0.05) is 18.7 Å². The number of hydrogen-bond acceptors (Lipinski definition) is 2. The minimum Gasteiger partial charge on any atom is -0.478 e. The van der Waals surface area contributed by atoms with Gasteiger partial charge in [0.05, 0.1) is 11.1 Å². The number of likely N-dealkylation sites (tertiary alicyclic amines) is 1. The summed E-state index contributed by atoms with van der Waals surface area (Å²) in [6.45, 7) is 0.983. The molecule has 28 heavy (non-hydrogen) atoms. The van der Waals surface area contributed by atoms with Crippen LogP contribution in [-0.4, -0.2) is 35.0 Å². The highest BCUT2D eigenvalue weighted by Crippen LogP contribution is 2.45. The Morgan fingerprint density at radius 2 is 1.75 bits per heavy atom. The van der Waals surface area contributed by atoms with Crippen molar-refractivity contribution in [1.82, 2.24) is 4.90 Å². The predicted molar refractivity (Wildman–Crippen MR) is 95.2 cm³/mol. The van der Waals surface area contributed by atoms with Crippen molar-refractivity contribution in [3.8, 4) is 0 Å². The van der Waals surface area contributed by atoms with Gasteiger partial charge in [0.15, 0.2) is 0 Å². The molecule has 1 saturated heterocycles. The van der Waals surface area contributed by atoms with Crippen molar-refractivity contribution in [1.29, 1.82) is 0 Å². The summed E-state index contributed by atoms with van der Waals surface area (Å²) in [7, 11) is 0. The number of carboxylic acid groups (broad SMARTS) is 1. The molecule has 4 nitrogen and oxygen atoms in total. The van der Waals surface area contributed by atoms with Gasteiger partial charge < -0.3 is 10.0 Å². The van der Waals surface area contributed by atoms with E-state index < -0.39 is 17.7 Å². The first kappa shape index (κ1) is 18.5. The molecule has 0 aromatic heterocycles. The number of aromatic carboxylic acids is 1. The average molecular weight is 389 g/mol. The summed E-state index contributed by atoms with van der Waals surface area (Å²) in [4.78, 5) is 25.9. The molecular weight excluding hydrogens is 371 g/mol. The Bertz CT molecular complexity index is 952. The molecule has 2 aromatic carbocycles. The highest BCUT2D eigenvalue weighted by Gasteiger charge is 2.45. The molecule has 4 rings (SSSR count). The number of nitrogens with zero attached hydrogens (tertiary/aromatic N) is 1. The first-order valence-corrected chi connectivity index (χ1v) is 8.99. The fraction of sp³-hybridized carbons (Fsp3) is 0.333. The van der Waals surface area contributed by atoms with E-state index in [0.717, 1.165) is 29.7 Å².